The number of hydrogen-bond donors (Lipinski definition) is 0. The van der Waals surface area contributed by atoms with Gasteiger partial charge in [0.1, 0.15) is 11.6 Å². The molecule has 1 saturated heterocycles. The van der Waals surface area contributed by atoms with Gasteiger partial charge in [-0.05, 0) is 90.6 Å². The number of nitriles is 1. The summed E-state index contributed by atoms with van der Waals surface area (Å²) in [5.74, 6) is -0.702. The predicted octanol–water partition coefficient (Wildman–Crippen LogP) is 7.73. The molecule has 1 aromatic heterocycles. The second-order valence-corrected chi connectivity index (χ2v) is 14.6. The Bertz CT molecular complexity index is 2290. The van der Waals surface area contributed by atoms with E-state index in [0.29, 0.717) is 72.1 Å². The molecule has 0 saturated carbocycles. The maximum atomic E-state index is 15.6. The zero-order valence-corrected chi connectivity index (χ0v) is 32.2. The third-order valence-corrected chi connectivity index (χ3v) is 11.3. The van der Waals surface area contributed by atoms with E-state index < -0.39 is 5.82 Å². The van der Waals surface area contributed by atoms with E-state index >= 15 is 9.18 Å². The molecule has 4 aromatic carbocycles. The molecule has 2 aliphatic rings. The second-order valence-electron chi connectivity index (χ2n) is 14.2. The van der Waals surface area contributed by atoms with Gasteiger partial charge in [-0.25, -0.2) is 4.39 Å². The third-order valence-electron chi connectivity index (χ3n) is 11.0. The lowest BCUT2D eigenvalue weighted by atomic mass is 9.91. The van der Waals surface area contributed by atoms with Crippen molar-refractivity contribution in [3.8, 4) is 22.9 Å². The van der Waals surface area contributed by atoms with Crippen molar-refractivity contribution in [2.24, 2.45) is 7.05 Å². The summed E-state index contributed by atoms with van der Waals surface area (Å²) in [5.41, 5.74) is 6.96. The number of nitrogens with zero attached hydrogens (tertiary/aromatic N) is 5. The van der Waals surface area contributed by atoms with Crippen molar-refractivity contribution in [3.05, 3.63) is 141 Å². The summed E-state index contributed by atoms with van der Waals surface area (Å²) in [6.07, 6.45) is 2.45. The molecule has 0 radical (unpaired) electrons. The highest BCUT2D eigenvalue weighted by atomic mass is 35.5. The Morgan fingerprint density at radius 1 is 1.00 bits per heavy atom. The zero-order valence-electron chi connectivity index (χ0n) is 31.4. The first-order chi connectivity index (χ1) is 26.6. The summed E-state index contributed by atoms with van der Waals surface area (Å²) in [4.78, 5) is 35.9. The second kappa shape index (κ2) is 16.1. The molecule has 2 aliphatic heterocycles. The van der Waals surface area contributed by atoms with E-state index in [2.05, 4.69) is 17.0 Å². The Morgan fingerprint density at radius 2 is 1.73 bits per heavy atom. The van der Waals surface area contributed by atoms with Gasteiger partial charge >= 0.3 is 0 Å². The van der Waals surface area contributed by atoms with E-state index in [1.165, 1.54) is 17.7 Å². The Labute approximate surface area is 326 Å². The smallest absolute Gasteiger partial charge is 0.261 e. The van der Waals surface area contributed by atoms with E-state index in [9.17, 15) is 10.1 Å². The standard InChI is InChI=1S/C44H43ClFN5O4/c1-28-32(10-7-11-41(28)54-4)24-50(34-14-12-30(23-47)13-15-34)44(53)42-29(2)48(3)27-38(42)36-21-39(45)40(46)22-37(36)43(52)51-25-33-9-6-5-8-31(33)20-35(51)26-49-16-18-55-19-17-49/h5-15,21-22,27,35H,16-20,24-26H2,1-4H3/t35-/m0/s1. The lowest BCUT2D eigenvalue weighted by Gasteiger charge is -2.40. The van der Waals surface area contributed by atoms with Crippen LogP contribution in [0, 0.1) is 31.0 Å². The molecule has 9 nitrogen and oxygen atoms in total. The molecule has 5 aromatic rings. The molecule has 1 fully saturated rings. The number of anilines is 1. The van der Waals surface area contributed by atoms with E-state index in [1.54, 1.807) is 42.5 Å². The van der Waals surface area contributed by atoms with Crippen LogP contribution in [0.1, 0.15) is 54.2 Å². The van der Waals surface area contributed by atoms with E-state index in [-0.39, 0.29) is 35.0 Å². The normalized spacial score (nSPS) is 15.7. The van der Waals surface area contributed by atoms with Crippen LogP contribution in [0.5, 0.6) is 5.75 Å². The first-order valence-electron chi connectivity index (χ1n) is 18.4. The third kappa shape index (κ3) is 7.61. The number of carbonyl (C=O) groups is 2. The lowest BCUT2D eigenvalue weighted by Crippen LogP contribution is -2.52. The van der Waals surface area contributed by atoms with Crippen LogP contribution in [-0.2, 0) is 31.3 Å². The largest absolute Gasteiger partial charge is 0.496 e. The van der Waals surface area contributed by atoms with Crippen molar-refractivity contribution >= 4 is 29.1 Å². The zero-order chi connectivity index (χ0) is 38.8. The van der Waals surface area contributed by atoms with Gasteiger partial charge in [0.05, 0.1) is 54.7 Å². The summed E-state index contributed by atoms with van der Waals surface area (Å²) in [6.45, 7) is 7.77. The van der Waals surface area contributed by atoms with Crippen molar-refractivity contribution in [2.75, 3.05) is 44.9 Å². The number of aromatic nitrogens is 1. The minimum atomic E-state index is -0.718. The number of hydrogen-bond acceptors (Lipinski definition) is 6. The minimum Gasteiger partial charge on any atom is -0.496 e. The number of benzene rings is 4. The molecule has 282 valence electrons. The van der Waals surface area contributed by atoms with E-state index in [1.807, 2.05) is 66.8 Å². The topological polar surface area (TPSA) is 91.0 Å². The fourth-order valence-corrected chi connectivity index (χ4v) is 7.89. The van der Waals surface area contributed by atoms with Gasteiger partial charge in [-0.3, -0.25) is 14.5 Å². The van der Waals surface area contributed by atoms with Crippen LogP contribution in [0.25, 0.3) is 11.1 Å². The van der Waals surface area contributed by atoms with Gasteiger partial charge in [0.2, 0.25) is 0 Å². The monoisotopic (exact) mass is 759 g/mol. The Hall–Kier alpha value is -5.47. The summed E-state index contributed by atoms with van der Waals surface area (Å²) < 4.78 is 28.6. The van der Waals surface area contributed by atoms with Gasteiger partial charge in [-0.15, -0.1) is 0 Å². The summed E-state index contributed by atoms with van der Waals surface area (Å²) in [5, 5.41) is 9.36. The van der Waals surface area contributed by atoms with Crippen molar-refractivity contribution in [3.63, 3.8) is 0 Å². The van der Waals surface area contributed by atoms with Crippen molar-refractivity contribution in [2.45, 2.75) is 39.4 Å². The molecule has 2 amide bonds. The van der Waals surface area contributed by atoms with Crippen molar-refractivity contribution in [1.29, 1.82) is 5.26 Å². The molecule has 1 atom stereocenters. The van der Waals surface area contributed by atoms with E-state index in [4.69, 9.17) is 21.1 Å². The number of rotatable bonds is 9. The molecular weight excluding hydrogens is 717 g/mol. The Kier molecular flexibility index (Phi) is 11.1. The first-order valence-corrected chi connectivity index (χ1v) is 18.7. The number of morpholine rings is 1. The molecule has 7 rings (SSSR count). The highest BCUT2D eigenvalue weighted by molar-refractivity contribution is 6.31. The van der Waals surface area contributed by atoms with Crippen LogP contribution in [0.3, 0.4) is 0 Å². The van der Waals surface area contributed by atoms with Crippen LogP contribution in [-0.4, -0.2) is 72.2 Å². The minimum absolute atomic E-state index is 0.126. The van der Waals surface area contributed by atoms with Crippen molar-refractivity contribution in [1.82, 2.24) is 14.4 Å². The van der Waals surface area contributed by atoms with Gasteiger partial charge in [0, 0.05) is 62.4 Å². The SMILES string of the molecule is COc1cccc(CN(C(=O)c2c(-c3cc(Cl)c(F)cc3C(=O)N3Cc4ccccc4C[C@H]3CN3CCOCC3)cn(C)c2C)c2ccc(C#N)cc2)c1C. The maximum absolute atomic E-state index is 15.6. The quantitative estimate of drug-likeness (QED) is 0.153. The van der Waals surface area contributed by atoms with Crippen molar-refractivity contribution < 1.29 is 23.5 Å². The molecule has 0 N–H and O–H groups in total. The fourth-order valence-electron chi connectivity index (χ4n) is 7.73. The fraction of sp³-hybridized carbons (Fsp3) is 0.295. The highest BCUT2D eigenvalue weighted by Crippen LogP contribution is 2.38. The Balaban J connectivity index is 1.33. The summed E-state index contributed by atoms with van der Waals surface area (Å²) >= 11 is 6.51. The number of carbonyl (C=O) groups excluding carboxylic acids is 2. The first kappa shape index (κ1) is 37.8. The average Bonchev–Trinajstić information content (AvgIpc) is 3.50. The molecule has 0 aliphatic carbocycles. The number of fused-ring (bicyclic) bond motifs is 1. The molecule has 0 bridgehead atoms. The summed E-state index contributed by atoms with van der Waals surface area (Å²) in [6, 6.07) is 25.3. The summed E-state index contributed by atoms with van der Waals surface area (Å²) in [7, 11) is 3.44. The average molecular weight is 760 g/mol. The molecule has 11 heteroatoms. The van der Waals surface area contributed by atoms with Crippen LogP contribution >= 0.6 is 11.6 Å². The number of methoxy groups -OCH3 is 1. The number of amides is 2. The Morgan fingerprint density at radius 3 is 2.44 bits per heavy atom. The van der Waals surface area contributed by atoms with Gasteiger partial charge in [0.15, 0.2) is 0 Å². The van der Waals surface area contributed by atoms with Crippen LogP contribution in [0.2, 0.25) is 5.02 Å². The molecular formula is C44H43ClFN5O4. The molecule has 0 spiro atoms. The van der Waals surface area contributed by atoms with Gasteiger partial charge in [-0.1, -0.05) is 48.0 Å². The number of ether oxygens (including phenoxy) is 2. The lowest BCUT2D eigenvalue weighted by molar-refractivity contribution is 0.0193. The van der Waals surface area contributed by atoms with Gasteiger partial charge in [0.25, 0.3) is 11.8 Å². The molecule has 0 unspecified atom stereocenters. The number of aryl methyl sites for hydroxylation is 1. The van der Waals surface area contributed by atoms with Crippen LogP contribution < -0.4 is 9.64 Å². The maximum Gasteiger partial charge on any atom is 0.261 e. The van der Waals surface area contributed by atoms with Gasteiger partial charge < -0.3 is 23.8 Å². The number of halogens is 2. The molecule has 3 heterocycles. The predicted molar refractivity (Wildman–Crippen MR) is 211 cm³/mol. The van der Waals surface area contributed by atoms with Crippen LogP contribution in [0.15, 0.2) is 85.1 Å². The van der Waals surface area contributed by atoms with Crippen LogP contribution in [0.4, 0.5) is 10.1 Å². The van der Waals surface area contributed by atoms with E-state index in [0.717, 1.165) is 29.8 Å². The highest BCUT2D eigenvalue weighted by Gasteiger charge is 2.35. The molecule has 55 heavy (non-hydrogen) atoms. The van der Waals surface area contributed by atoms with Gasteiger partial charge in [-0.2, -0.15) is 5.26 Å².